The van der Waals surface area contributed by atoms with Gasteiger partial charge in [0.25, 0.3) is 0 Å². The van der Waals surface area contributed by atoms with Gasteiger partial charge in [-0.2, -0.15) is 0 Å². The molecule has 0 aromatic carbocycles. The number of hydrogen-bond donors (Lipinski definition) is 2. The van der Waals surface area contributed by atoms with Crippen LogP contribution in [-0.2, 0) is 0 Å². The van der Waals surface area contributed by atoms with Gasteiger partial charge in [0.1, 0.15) is 0 Å². The SMILES string of the molecule is C(C[C@@H]1CN1)[C@@H]1CN1. The van der Waals surface area contributed by atoms with Crippen LogP contribution in [0.15, 0.2) is 0 Å². The van der Waals surface area contributed by atoms with Crippen LogP contribution in [0, 0.1) is 0 Å². The zero-order valence-corrected chi connectivity index (χ0v) is 4.98. The van der Waals surface area contributed by atoms with Gasteiger partial charge >= 0.3 is 0 Å². The van der Waals surface area contributed by atoms with Gasteiger partial charge in [-0.3, -0.25) is 0 Å². The average molecular weight is 112 g/mol. The molecule has 46 valence electrons. The Bertz CT molecular complexity index is 72.5. The summed E-state index contributed by atoms with van der Waals surface area (Å²) >= 11 is 0. The maximum Gasteiger partial charge on any atom is 0.0193 e. The largest absolute Gasteiger partial charge is 0.311 e. The molecule has 0 amide bonds. The quantitative estimate of drug-likeness (QED) is 0.493. The predicted octanol–water partition coefficient (Wildman–Crippen LogP) is -0.290. The third kappa shape index (κ3) is 1.20. The second-order valence-corrected chi connectivity index (χ2v) is 2.79. The van der Waals surface area contributed by atoms with Crippen molar-refractivity contribution in [2.45, 2.75) is 24.9 Å². The van der Waals surface area contributed by atoms with Crippen LogP contribution >= 0.6 is 0 Å². The maximum absolute atomic E-state index is 3.29. The first kappa shape index (κ1) is 4.77. The highest BCUT2D eigenvalue weighted by Gasteiger charge is 2.25. The predicted molar refractivity (Wildman–Crippen MR) is 32.8 cm³/mol. The Hall–Kier alpha value is -0.0800. The second-order valence-electron chi connectivity index (χ2n) is 2.79. The summed E-state index contributed by atoms with van der Waals surface area (Å²) in [5.41, 5.74) is 0. The van der Waals surface area contributed by atoms with Gasteiger partial charge in [-0.05, 0) is 12.8 Å². The van der Waals surface area contributed by atoms with Crippen LogP contribution in [0.1, 0.15) is 12.8 Å². The summed E-state index contributed by atoms with van der Waals surface area (Å²) in [7, 11) is 0. The van der Waals surface area contributed by atoms with E-state index in [1.54, 1.807) is 0 Å². The van der Waals surface area contributed by atoms with Gasteiger partial charge in [-0.1, -0.05) is 0 Å². The molecule has 8 heavy (non-hydrogen) atoms. The first-order chi connectivity index (χ1) is 3.95. The molecule has 0 spiro atoms. The molecule has 2 N–H and O–H groups in total. The minimum absolute atomic E-state index is 0.886. The molecule has 2 aliphatic heterocycles. The minimum atomic E-state index is 0.886. The number of hydrogen-bond acceptors (Lipinski definition) is 2. The number of rotatable bonds is 3. The zero-order chi connectivity index (χ0) is 5.40. The van der Waals surface area contributed by atoms with Crippen LogP contribution in [0.5, 0.6) is 0 Å². The smallest absolute Gasteiger partial charge is 0.0193 e. The summed E-state index contributed by atoms with van der Waals surface area (Å²) in [5.74, 6) is 0. The lowest BCUT2D eigenvalue weighted by Crippen LogP contribution is -1.96. The van der Waals surface area contributed by atoms with Crippen molar-refractivity contribution in [2.75, 3.05) is 13.1 Å². The molecule has 2 heterocycles. The van der Waals surface area contributed by atoms with Crippen molar-refractivity contribution in [3.63, 3.8) is 0 Å². The van der Waals surface area contributed by atoms with Crippen LogP contribution in [0.2, 0.25) is 0 Å². The van der Waals surface area contributed by atoms with Crippen LogP contribution in [0.25, 0.3) is 0 Å². The topological polar surface area (TPSA) is 43.9 Å². The first-order valence-corrected chi connectivity index (χ1v) is 3.42. The van der Waals surface area contributed by atoms with Crippen LogP contribution in [0.3, 0.4) is 0 Å². The van der Waals surface area contributed by atoms with E-state index in [-0.39, 0.29) is 0 Å². The monoisotopic (exact) mass is 112 g/mol. The van der Waals surface area contributed by atoms with E-state index in [1.165, 1.54) is 25.9 Å². The van der Waals surface area contributed by atoms with Gasteiger partial charge in [0.2, 0.25) is 0 Å². The summed E-state index contributed by atoms with van der Waals surface area (Å²) in [6.07, 6.45) is 2.77. The Morgan fingerprint density at radius 1 is 1.00 bits per heavy atom. The zero-order valence-electron chi connectivity index (χ0n) is 4.98. The van der Waals surface area contributed by atoms with E-state index >= 15 is 0 Å². The maximum atomic E-state index is 3.29. The molecule has 2 nitrogen and oxygen atoms in total. The second kappa shape index (κ2) is 1.71. The van der Waals surface area contributed by atoms with Crippen LogP contribution < -0.4 is 10.6 Å². The van der Waals surface area contributed by atoms with Crippen LogP contribution in [-0.4, -0.2) is 25.2 Å². The Kier molecular flexibility index (Phi) is 1.02. The normalized spacial score (nSPS) is 42.0. The molecule has 2 aliphatic rings. The first-order valence-electron chi connectivity index (χ1n) is 3.42. The lowest BCUT2D eigenvalue weighted by atomic mass is 10.2. The van der Waals surface area contributed by atoms with Crippen molar-refractivity contribution in [1.82, 2.24) is 10.6 Å². The van der Waals surface area contributed by atoms with Crippen molar-refractivity contribution in [1.29, 1.82) is 0 Å². The fourth-order valence-electron chi connectivity index (χ4n) is 0.977. The molecule has 0 aliphatic carbocycles. The Labute approximate surface area is 49.7 Å². The van der Waals surface area contributed by atoms with Gasteiger partial charge in [-0.15, -0.1) is 0 Å². The summed E-state index contributed by atoms with van der Waals surface area (Å²) < 4.78 is 0. The fourth-order valence-corrected chi connectivity index (χ4v) is 0.977. The average Bonchev–Trinajstić information content (AvgIpc) is 2.60. The fraction of sp³-hybridized carbons (Fsp3) is 1.00. The Balaban J connectivity index is 1.56. The summed E-state index contributed by atoms with van der Waals surface area (Å²) in [4.78, 5) is 0. The van der Waals surface area contributed by atoms with Gasteiger partial charge in [0.15, 0.2) is 0 Å². The van der Waals surface area contributed by atoms with Gasteiger partial charge in [0.05, 0.1) is 0 Å². The van der Waals surface area contributed by atoms with Gasteiger partial charge in [-0.25, -0.2) is 0 Å². The lowest BCUT2D eigenvalue weighted by Gasteiger charge is -1.89. The molecule has 0 unspecified atom stereocenters. The molecule has 2 fully saturated rings. The van der Waals surface area contributed by atoms with E-state index in [9.17, 15) is 0 Å². The van der Waals surface area contributed by atoms with Crippen molar-refractivity contribution in [3.05, 3.63) is 0 Å². The van der Waals surface area contributed by atoms with Crippen molar-refractivity contribution < 1.29 is 0 Å². The van der Waals surface area contributed by atoms with E-state index in [1.807, 2.05) is 0 Å². The molecule has 0 aromatic heterocycles. The van der Waals surface area contributed by atoms with E-state index in [0.717, 1.165) is 12.1 Å². The molecule has 2 rings (SSSR count). The molecule has 0 radical (unpaired) electrons. The third-order valence-electron chi connectivity index (χ3n) is 1.85. The molecule has 2 heteroatoms. The van der Waals surface area contributed by atoms with E-state index in [0.29, 0.717) is 0 Å². The van der Waals surface area contributed by atoms with Crippen molar-refractivity contribution in [2.24, 2.45) is 0 Å². The van der Waals surface area contributed by atoms with E-state index in [4.69, 9.17) is 0 Å². The van der Waals surface area contributed by atoms with Crippen LogP contribution in [0.4, 0.5) is 0 Å². The molecule has 0 bridgehead atoms. The van der Waals surface area contributed by atoms with Gasteiger partial charge in [0, 0.05) is 25.2 Å². The molecule has 2 atom stereocenters. The van der Waals surface area contributed by atoms with E-state index < -0.39 is 0 Å². The Morgan fingerprint density at radius 2 is 1.38 bits per heavy atom. The molecular weight excluding hydrogens is 100 g/mol. The standard InChI is InChI=1S/C6H12N2/c1(5-3-7-5)2-6-4-8-6/h5-8H,1-4H2/t5-,6-/m1/s1. The third-order valence-corrected chi connectivity index (χ3v) is 1.85. The minimum Gasteiger partial charge on any atom is -0.311 e. The van der Waals surface area contributed by atoms with Gasteiger partial charge < -0.3 is 10.6 Å². The highest BCUT2D eigenvalue weighted by atomic mass is 15.1. The van der Waals surface area contributed by atoms with Crippen molar-refractivity contribution >= 4 is 0 Å². The lowest BCUT2D eigenvalue weighted by molar-refractivity contribution is 0.712. The van der Waals surface area contributed by atoms with Crippen molar-refractivity contribution in [3.8, 4) is 0 Å². The van der Waals surface area contributed by atoms with E-state index in [2.05, 4.69) is 10.6 Å². The highest BCUT2D eigenvalue weighted by molar-refractivity contribution is 4.89. The summed E-state index contributed by atoms with van der Waals surface area (Å²) in [6, 6.07) is 1.77. The Morgan fingerprint density at radius 3 is 1.62 bits per heavy atom. The molecule has 0 aromatic rings. The number of nitrogens with one attached hydrogen (secondary N) is 2. The molecule has 2 saturated heterocycles. The summed E-state index contributed by atoms with van der Waals surface area (Å²) in [5, 5.41) is 6.58. The highest BCUT2D eigenvalue weighted by Crippen LogP contribution is 2.12. The summed E-state index contributed by atoms with van der Waals surface area (Å²) in [6.45, 7) is 2.54. The molecule has 0 saturated carbocycles. The molecular formula is C6H12N2.